The summed E-state index contributed by atoms with van der Waals surface area (Å²) in [6, 6.07) is 0. The Morgan fingerprint density at radius 1 is 0.296 bits per heavy atom. The number of carbonyl (C=O) groups excluding carboxylic acids is 3. The fourth-order valence-corrected chi connectivity index (χ4v) is 8.89. The molecule has 0 aromatic rings. The van der Waals surface area contributed by atoms with Crippen molar-refractivity contribution >= 4 is 17.9 Å². The normalized spacial score (nSPS) is 12.4. The molecule has 0 amide bonds. The van der Waals surface area contributed by atoms with Gasteiger partial charge in [0.1, 0.15) is 13.2 Å². The number of hydrogen-bond acceptors (Lipinski definition) is 6. The zero-order chi connectivity index (χ0) is 51.4. The van der Waals surface area contributed by atoms with Crippen molar-refractivity contribution in [2.45, 2.75) is 322 Å². The number of ether oxygens (including phenoxy) is 3. The summed E-state index contributed by atoms with van der Waals surface area (Å²) >= 11 is 0. The summed E-state index contributed by atoms with van der Waals surface area (Å²) in [7, 11) is 0. The molecule has 0 N–H and O–H groups in total. The second-order valence-electron chi connectivity index (χ2n) is 20.6. The average molecular weight is 994 g/mol. The first-order valence-corrected chi connectivity index (χ1v) is 30.8. The van der Waals surface area contributed by atoms with Crippen LogP contribution in [0.1, 0.15) is 316 Å². The minimum absolute atomic E-state index is 0.0743. The van der Waals surface area contributed by atoms with Crippen molar-refractivity contribution in [3.8, 4) is 0 Å². The van der Waals surface area contributed by atoms with Gasteiger partial charge in [-0.2, -0.15) is 0 Å². The van der Waals surface area contributed by atoms with E-state index in [0.29, 0.717) is 19.3 Å². The van der Waals surface area contributed by atoms with E-state index in [2.05, 4.69) is 81.5 Å². The molecule has 0 spiro atoms. The van der Waals surface area contributed by atoms with E-state index in [1.165, 1.54) is 186 Å². The van der Waals surface area contributed by atoms with Gasteiger partial charge in [0.25, 0.3) is 0 Å². The number of allylic oxidation sites excluding steroid dienone is 10. The molecule has 0 aliphatic heterocycles. The van der Waals surface area contributed by atoms with Crippen LogP contribution >= 0.6 is 0 Å². The molecule has 0 aliphatic rings. The van der Waals surface area contributed by atoms with Gasteiger partial charge < -0.3 is 14.2 Å². The molecule has 71 heavy (non-hydrogen) atoms. The smallest absolute Gasteiger partial charge is 0.306 e. The second-order valence-corrected chi connectivity index (χ2v) is 20.6. The summed E-state index contributed by atoms with van der Waals surface area (Å²) in [5, 5.41) is 0. The molecule has 0 fully saturated rings. The Balaban J connectivity index is 4.24. The Labute approximate surface area is 440 Å². The summed E-state index contributed by atoms with van der Waals surface area (Å²) in [6.45, 7) is 6.52. The van der Waals surface area contributed by atoms with Crippen molar-refractivity contribution in [3.05, 3.63) is 60.8 Å². The van der Waals surface area contributed by atoms with E-state index in [9.17, 15) is 14.4 Å². The number of hydrogen-bond donors (Lipinski definition) is 0. The molecule has 6 heteroatoms. The summed E-state index contributed by atoms with van der Waals surface area (Å²) in [4.78, 5) is 38.2. The molecule has 412 valence electrons. The van der Waals surface area contributed by atoms with Crippen molar-refractivity contribution in [2.75, 3.05) is 13.2 Å². The van der Waals surface area contributed by atoms with Crippen LogP contribution in [0.5, 0.6) is 0 Å². The Morgan fingerprint density at radius 2 is 0.563 bits per heavy atom. The molecular formula is C65H116O6. The Kier molecular flexibility index (Phi) is 57.2. The maximum atomic E-state index is 12.9. The molecule has 0 rings (SSSR count). The quantitative estimate of drug-likeness (QED) is 0.0261. The highest BCUT2D eigenvalue weighted by atomic mass is 16.6. The lowest BCUT2D eigenvalue weighted by Gasteiger charge is -2.18. The van der Waals surface area contributed by atoms with Gasteiger partial charge in [-0.3, -0.25) is 14.4 Å². The van der Waals surface area contributed by atoms with Crippen LogP contribution in [0.15, 0.2) is 60.8 Å². The van der Waals surface area contributed by atoms with E-state index in [4.69, 9.17) is 14.2 Å². The van der Waals surface area contributed by atoms with E-state index in [-0.39, 0.29) is 31.1 Å². The van der Waals surface area contributed by atoms with Gasteiger partial charge in [-0.25, -0.2) is 0 Å². The van der Waals surface area contributed by atoms with Crippen LogP contribution in [0.2, 0.25) is 0 Å². The predicted octanol–water partition coefficient (Wildman–Crippen LogP) is 20.8. The third kappa shape index (κ3) is 57.9. The van der Waals surface area contributed by atoms with Gasteiger partial charge in [-0.15, -0.1) is 0 Å². The molecule has 0 aromatic carbocycles. The van der Waals surface area contributed by atoms with Gasteiger partial charge >= 0.3 is 17.9 Å². The van der Waals surface area contributed by atoms with Gasteiger partial charge in [0, 0.05) is 19.3 Å². The highest BCUT2D eigenvalue weighted by Crippen LogP contribution is 2.17. The molecule has 0 bridgehead atoms. The highest BCUT2D eigenvalue weighted by molar-refractivity contribution is 5.71. The van der Waals surface area contributed by atoms with Crippen LogP contribution in [0, 0.1) is 0 Å². The van der Waals surface area contributed by atoms with Crippen molar-refractivity contribution in [2.24, 2.45) is 0 Å². The summed E-state index contributed by atoms with van der Waals surface area (Å²) in [6.07, 6.45) is 75.1. The van der Waals surface area contributed by atoms with Crippen molar-refractivity contribution in [3.63, 3.8) is 0 Å². The van der Waals surface area contributed by atoms with Gasteiger partial charge in [0.2, 0.25) is 0 Å². The van der Waals surface area contributed by atoms with Gasteiger partial charge in [-0.05, 0) is 77.0 Å². The van der Waals surface area contributed by atoms with Crippen molar-refractivity contribution in [1.82, 2.24) is 0 Å². The Hall–Kier alpha value is -2.89. The Morgan fingerprint density at radius 3 is 0.915 bits per heavy atom. The van der Waals surface area contributed by atoms with Crippen LogP contribution in [0.25, 0.3) is 0 Å². The van der Waals surface area contributed by atoms with Gasteiger partial charge in [0.05, 0.1) is 0 Å². The van der Waals surface area contributed by atoms with Crippen molar-refractivity contribution < 1.29 is 28.6 Å². The number of rotatable bonds is 56. The highest BCUT2D eigenvalue weighted by Gasteiger charge is 2.19. The monoisotopic (exact) mass is 993 g/mol. The maximum Gasteiger partial charge on any atom is 0.306 e. The first-order valence-electron chi connectivity index (χ1n) is 30.8. The van der Waals surface area contributed by atoms with E-state index >= 15 is 0 Å². The van der Waals surface area contributed by atoms with E-state index in [1.807, 2.05) is 0 Å². The molecule has 1 unspecified atom stereocenters. The number of unbranched alkanes of at least 4 members (excludes halogenated alkanes) is 35. The molecule has 0 aromatic heterocycles. The van der Waals surface area contributed by atoms with Crippen LogP contribution in [0.3, 0.4) is 0 Å². The van der Waals surface area contributed by atoms with E-state index in [1.54, 1.807) is 0 Å². The van der Waals surface area contributed by atoms with Crippen LogP contribution < -0.4 is 0 Å². The molecule has 6 nitrogen and oxygen atoms in total. The number of esters is 3. The molecule has 0 heterocycles. The van der Waals surface area contributed by atoms with E-state index in [0.717, 1.165) is 89.9 Å². The summed E-state index contributed by atoms with van der Waals surface area (Å²) in [5.74, 6) is -0.870. The lowest BCUT2D eigenvalue weighted by atomic mass is 10.0. The van der Waals surface area contributed by atoms with Gasteiger partial charge in [0.15, 0.2) is 6.10 Å². The number of carbonyl (C=O) groups is 3. The molecule has 0 saturated heterocycles. The largest absolute Gasteiger partial charge is 0.462 e. The minimum atomic E-state index is -0.775. The first kappa shape index (κ1) is 68.1. The molecule has 1 atom stereocenters. The predicted molar refractivity (Wildman–Crippen MR) is 307 cm³/mol. The fourth-order valence-electron chi connectivity index (χ4n) is 8.89. The SMILES string of the molecule is CC/C=C\C/C=C\C/C=C\C/C=C\CCCCCCCCCCCCCCC(=O)OCC(COC(=O)CCCCCCC/C=C\CCCC)OC(=O)CCCCCCCCCCCCCCCCCCC. The zero-order valence-corrected chi connectivity index (χ0v) is 47.2. The Bertz CT molecular complexity index is 1280. The summed E-state index contributed by atoms with van der Waals surface area (Å²) in [5.41, 5.74) is 0. The molecule has 0 aliphatic carbocycles. The van der Waals surface area contributed by atoms with Crippen LogP contribution in [-0.4, -0.2) is 37.2 Å². The van der Waals surface area contributed by atoms with Gasteiger partial charge in [-0.1, -0.05) is 281 Å². The summed E-state index contributed by atoms with van der Waals surface area (Å²) < 4.78 is 16.9. The standard InChI is InChI=1S/C65H116O6/c1-4-7-10-13-16-19-22-24-26-28-29-30-31-32-33-34-35-37-38-40-43-46-49-52-55-58-64(67)70-61-62(60-69-63(66)57-54-51-48-45-42-21-18-15-12-9-6-3)71-65(68)59-56-53-50-47-44-41-39-36-27-25-23-20-17-14-11-8-5-2/h7,10,15-16,18-19,24,26,29-30,62H,4-6,8-9,11-14,17,20-23,25,27-28,31-61H2,1-3H3/b10-7-,18-15-,19-16-,26-24-,30-29-. The topological polar surface area (TPSA) is 78.9 Å². The van der Waals surface area contributed by atoms with Crippen molar-refractivity contribution in [1.29, 1.82) is 0 Å². The van der Waals surface area contributed by atoms with Crippen LogP contribution in [-0.2, 0) is 28.6 Å². The first-order chi connectivity index (χ1) is 35.0. The molecule has 0 saturated carbocycles. The molecular weight excluding hydrogens is 877 g/mol. The minimum Gasteiger partial charge on any atom is -0.462 e. The molecule has 0 radical (unpaired) electrons. The van der Waals surface area contributed by atoms with Crippen LogP contribution in [0.4, 0.5) is 0 Å². The lowest BCUT2D eigenvalue weighted by Crippen LogP contribution is -2.30. The third-order valence-electron chi connectivity index (χ3n) is 13.5. The fraction of sp³-hybridized carbons (Fsp3) is 0.800. The zero-order valence-electron chi connectivity index (χ0n) is 47.2. The third-order valence-corrected chi connectivity index (χ3v) is 13.5. The maximum absolute atomic E-state index is 12.9. The lowest BCUT2D eigenvalue weighted by molar-refractivity contribution is -0.167. The van der Waals surface area contributed by atoms with E-state index < -0.39 is 6.10 Å². The second kappa shape index (κ2) is 59.7. The average Bonchev–Trinajstić information content (AvgIpc) is 3.37.